The van der Waals surface area contributed by atoms with E-state index in [2.05, 4.69) is 18.0 Å². The third kappa shape index (κ3) is 2.75. The zero-order chi connectivity index (χ0) is 18.1. The molecule has 0 radical (unpaired) electrons. The fourth-order valence-corrected chi connectivity index (χ4v) is 3.30. The van der Waals surface area contributed by atoms with Crippen LogP contribution in [0.15, 0.2) is 42.5 Å². The third-order valence-corrected chi connectivity index (χ3v) is 4.70. The van der Waals surface area contributed by atoms with Gasteiger partial charge in [0.25, 0.3) is 0 Å². The molecule has 0 fully saturated rings. The number of fused-ring (bicyclic) bond motifs is 2. The maximum Gasteiger partial charge on any atom is 0.231 e. The number of carbonyl (C=O) groups excluding carboxylic acids is 1. The number of pyridine rings is 1. The number of hydrogen-bond donors (Lipinski definition) is 0. The second-order valence-electron chi connectivity index (χ2n) is 6.19. The Morgan fingerprint density at radius 2 is 1.88 bits per heavy atom. The van der Waals surface area contributed by atoms with E-state index in [4.69, 9.17) is 14.2 Å². The minimum atomic E-state index is -0.374. The first kappa shape index (κ1) is 16.4. The van der Waals surface area contributed by atoms with Crippen LogP contribution in [0.5, 0.6) is 17.4 Å². The monoisotopic (exact) mass is 349 g/mol. The normalized spacial score (nSPS) is 13.6. The second kappa shape index (κ2) is 6.67. The van der Waals surface area contributed by atoms with Crippen LogP contribution in [0, 0.1) is 0 Å². The van der Waals surface area contributed by atoms with Crippen molar-refractivity contribution in [3.8, 4) is 17.4 Å². The molecule has 2 heterocycles. The maximum atomic E-state index is 11.9. The Morgan fingerprint density at radius 1 is 1.12 bits per heavy atom. The Balaban J connectivity index is 1.77. The van der Waals surface area contributed by atoms with Crippen LogP contribution in [-0.2, 0) is 11.2 Å². The number of aryl methyl sites for hydroxylation is 1. The van der Waals surface area contributed by atoms with Crippen LogP contribution in [0.4, 0.5) is 0 Å². The van der Waals surface area contributed by atoms with Crippen molar-refractivity contribution in [2.75, 3.05) is 13.9 Å². The van der Waals surface area contributed by atoms with E-state index in [0.717, 1.165) is 40.3 Å². The molecule has 1 atom stereocenters. The summed E-state index contributed by atoms with van der Waals surface area (Å²) in [4.78, 5) is 16.4. The number of methoxy groups -OCH3 is 1. The molecule has 3 aromatic rings. The molecule has 2 aromatic carbocycles. The average Bonchev–Trinajstić information content (AvgIpc) is 3.15. The highest BCUT2D eigenvalue weighted by molar-refractivity contribution is 5.83. The van der Waals surface area contributed by atoms with Gasteiger partial charge in [-0.25, -0.2) is 4.98 Å². The van der Waals surface area contributed by atoms with E-state index in [9.17, 15) is 4.79 Å². The SMILES string of the molecule is CCc1cc2cc(C(C=O)c3ccc4c(c3)OCO4)ccc2nc1OC. The van der Waals surface area contributed by atoms with Crippen LogP contribution < -0.4 is 14.2 Å². The Kier molecular flexibility index (Phi) is 4.21. The highest BCUT2D eigenvalue weighted by Crippen LogP contribution is 2.36. The number of aromatic nitrogens is 1. The average molecular weight is 349 g/mol. The summed E-state index contributed by atoms with van der Waals surface area (Å²) in [5.74, 6) is 1.66. The Bertz CT molecular complexity index is 983. The van der Waals surface area contributed by atoms with Crippen molar-refractivity contribution in [2.24, 2.45) is 0 Å². The fraction of sp³-hybridized carbons (Fsp3) is 0.238. The lowest BCUT2D eigenvalue weighted by molar-refractivity contribution is -0.108. The molecule has 4 rings (SSSR count). The summed E-state index contributed by atoms with van der Waals surface area (Å²) >= 11 is 0. The first-order chi connectivity index (χ1) is 12.7. The molecule has 26 heavy (non-hydrogen) atoms. The lowest BCUT2D eigenvalue weighted by atomic mass is 9.91. The van der Waals surface area contributed by atoms with E-state index in [0.29, 0.717) is 17.4 Å². The highest BCUT2D eigenvalue weighted by atomic mass is 16.7. The molecule has 1 aromatic heterocycles. The lowest BCUT2D eigenvalue weighted by Gasteiger charge is -2.14. The molecule has 0 N–H and O–H groups in total. The fourth-order valence-electron chi connectivity index (χ4n) is 3.30. The number of nitrogens with zero attached hydrogens (tertiary/aromatic N) is 1. The second-order valence-corrected chi connectivity index (χ2v) is 6.19. The zero-order valence-corrected chi connectivity index (χ0v) is 14.7. The molecule has 0 spiro atoms. The van der Waals surface area contributed by atoms with Gasteiger partial charge in [0, 0.05) is 10.9 Å². The number of hydrogen-bond acceptors (Lipinski definition) is 5. The van der Waals surface area contributed by atoms with Gasteiger partial charge in [-0.15, -0.1) is 0 Å². The number of carbonyl (C=O) groups is 1. The van der Waals surface area contributed by atoms with Gasteiger partial charge in [-0.05, 0) is 47.9 Å². The predicted molar refractivity (Wildman–Crippen MR) is 98.1 cm³/mol. The predicted octanol–water partition coefficient (Wildman–Crippen LogP) is 3.87. The number of ether oxygens (including phenoxy) is 3. The zero-order valence-electron chi connectivity index (χ0n) is 14.7. The molecule has 5 nitrogen and oxygen atoms in total. The van der Waals surface area contributed by atoms with E-state index in [1.807, 2.05) is 36.4 Å². The number of benzene rings is 2. The van der Waals surface area contributed by atoms with E-state index in [-0.39, 0.29) is 12.7 Å². The Labute approximate surface area is 151 Å². The molecule has 1 aliphatic heterocycles. The summed E-state index contributed by atoms with van der Waals surface area (Å²) in [6.07, 6.45) is 1.78. The van der Waals surface area contributed by atoms with Crippen molar-refractivity contribution in [1.29, 1.82) is 0 Å². The van der Waals surface area contributed by atoms with Crippen molar-refractivity contribution in [1.82, 2.24) is 4.98 Å². The van der Waals surface area contributed by atoms with Gasteiger partial charge in [-0.1, -0.05) is 19.1 Å². The van der Waals surface area contributed by atoms with Crippen molar-refractivity contribution in [3.63, 3.8) is 0 Å². The Morgan fingerprint density at radius 3 is 2.65 bits per heavy atom. The minimum Gasteiger partial charge on any atom is -0.481 e. The van der Waals surface area contributed by atoms with Gasteiger partial charge in [0.15, 0.2) is 11.5 Å². The smallest absolute Gasteiger partial charge is 0.231 e. The van der Waals surface area contributed by atoms with Crippen LogP contribution >= 0.6 is 0 Å². The van der Waals surface area contributed by atoms with Crippen LogP contribution in [0.3, 0.4) is 0 Å². The molecule has 0 aliphatic carbocycles. The molecule has 0 bridgehead atoms. The van der Waals surface area contributed by atoms with E-state index in [1.54, 1.807) is 7.11 Å². The molecular weight excluding hydrogens is 330 g/mol. The van der Waals surface area contributed by atoms with Gasteiger partial charge in [0.05, 0.1) is 18.5 Å². The Hall–Kier alpha value is -3.08. The topological polar surface area (TPSA) is 57.7 Å². The first-order valence-corrected chi connectivity index (χ1v) is 8.56. The van der Waals surface area contributed by atoms with E-state index < -0.39 is 0 Å². The van der Waals surface area contributed by atoms with Gasteiger partial charge in [-0.2, -0.15) is 0 Å². The summed E-state index contributed by atoms with van der Waals surface area (Å²) in [6.45, 7) is 2.28. The molecular formula is C21H19NO4. The molecule has 0 saturated heterocycles. The van der Waals surface area contributed by atoms with Gasteiger partial charge >= 0.3 is 0 Å². The minimum absolute atomic E-state index is 0.216. The van der Waals surface area contributed by atoms with Gasteiger partial charge in [-0.3, -0.25) is 0 Å². The summed E-state index contributed by atoms with van der Waals surface area (Å²) in [5.41, 5.74) is 3.68. The lowest BCUT2D eigenvalue weighted by Crippen LogP contribution is -2.03. The molecule has 0 amide bonds. The van der Waals surface area contributed by atoms with E-state index in [1.165, 1.54) is 0 Å². The maximum absolute atomic E-state index is 11.9. The molecule has 5 heteroatoms. The number of rotatable bonds is 5. The largest absolute Gasteiger partial charge is 0.481 e. The third-order valence-electron chi connectivity index (χ3n) is 4.70. The molecule has 132 valence electrons. The van der Waals surface area contributed by atoms with Crippen molar-refractivity contribution >= 4 is 17.2 Å². The van der Waals surface area contributed by atoms with Crippen LogP contribution in [0.25, 0.3) is 10.9 Å². The summed E-state index contributed by atoms with van der Waals surface area (Å²) in [5, 5.41) is 0.993. The summed E-state index contributed by atoms with van der Waals surface area (Å²) in [6, 6.07) is 13.6. The van der Waals surface area contributed by atoms with Crippen LogP contribution in [0.2, 0.25) is 0 Å². The van der Waals surface area contributed by atoms with E-state index >= 15 is 0 Å². The van der Waals surface area contributed by atoms with Crippen LogP contribution in [0.1, 0.15) is 29.5 Å². The van der Waals surface area contributed by atoms with Crippen molar-refractivity contribution < 1.29 is 19.0 Å². The van der Waals surface area contributed by atoms with Gasteiger partial charge < -0.3 is 19.0 Å². The quantitative estimate of drug-likeness (QED) is 0.655. The van der Waals surface area contributed by atoms with Gasteiger partial charge in [0.2, 0.25) is 12.7 Å². The first-order valence-electron chi connectivity index (χ1n) is 8.56. The summed E-state index contributed by atoms with van der Waals surface area (Å²) < 4.78 is 16.1. The number of aldehydes is 1. The molecule has 0 saturated carbocycles. The molecule has 1 unspecified atom stereocenters. The molecule has 1 aliphatic rings. The van der Waals surface area contributed by atoms with Crippen molar-refractivity contribution in [2.45, 2.75) is 19.3 Å². The standard InChI is InChI=1S/C21H19NO4/c1-3-13-8-16-9-14(4-6-18(16)22-21(13)24-2)17(11-23)15-5-7-19-20(10-15)26-12-25-19/h4-11,17H,3,12H2,1-2H3. The van der Waals surface area contributed by atoms with Crippen LogP contribution in [-0.4, -0.2) is 25.2 Å². The van der Waals surface area contributed by atoms with Gasteiger partial charge in [0.1, 0.15) is 6.29 Å². The highest BCUT2D eigenvalue weighted by Gasteiger charge is 2.19. The van der Waals surface area contributed by atoms with Crippen molar-refractivity contribution in [3.05, 3.63) is 59.2 Å². The summed E-state index contributed by atoms with van der Waals surface area (Å²) in [7, 11) is 1.63.